The third kappa shape index (κ3) is 6.02. The van der Waals surface area contributed by atoms with Crippen molar-refractivity contribution in [2.75, 3.05) is 13.7 Å². The lowest BCUT2D eigenvalue weighted by Gasteiger charge is -2.18. The second-order valence-electron chi connectivity index (χ2n) is 10.5. The van der Waals surface area contributed by atoms with Crippen molar-refractivity contribution in [3.05, 3.63) is 131 Å². The fraction of sp³-hybridized carbons (Fsp3) is 0.167. The van der Waals surface area contributed by atoms with E-state index in [9.17, 15) is 14.7 Å². The molecule has 216 valence electrons. The van der Waals surface area contributed by atoms with Gasteiger partial charge in [-0.05, 0) is 62.9 Å². The van der Waals surface area contributed by atoms with Crippen LogP contribution in [0.25, 0.3) is 21.9 Å². The fourth-order valence-electron chi connectivity index (χ4n) is 5.71. The minimum atomic E-state index is -1.18. The minimum absolute atomic E-state index is 0.0620. The van der Waals surface area contributed by atoms with Gasteiger partial charge < -0.3 is 24.6 Å². The number of hydrogen-bond acceptors (Lipinski definition) is 5. The van der Waals surface area contributed by atoms with Crippen molar-refractivity contribution >= 4 is 22.8 Å². The molecule has 0 heterocycles. The Morgan fingerprint density at radius 3 is 2.19 bits per heavy atom. The van der Waals surface area contributed by atoms with E-state index in [2.05, 4.69) is 17.4 Å². The topological polar surface area (TPSA) is 94.1 Å². The molecule has 43 heavy (non-hydrogen) atoms. The van der Waals surface area contributed by atoms with E-state index >= 15 is 0 Å². The summed E-state index contributed by atoms with van der Waals surface area (Å²) < 4.78 is 17.2. The molecule has 5 aromatic carbocycles. The molecule has 0 aromatic heterocycles. The highest BCUT2D eigenvalue weighted by molar-refractivity contribution is 5.84. The molecule has 1 aliphatic rings. The van der Waals surface area contributed by atoms with Gasteiger partial charge in [-0.25, -0.2) is 9.59 Å². The maximum Gasteiger partial charge on any atom is 0.407 e. The molecular formula is C36H31NO6. The molecule has 0 bridgehead atoms. The van der Waals surface area contributed by atoms with Crippen LogP contribution in [0.2, 0.25) is 0 Å². The molecule has 7 nitrogen and oxygen atoms in total. The summed E-state index contributed by atoms with van der Waals surface area (Å²) in [5.41, 5.74) is 5.89. The first-order valence-corrected chi connectivity index (χ1v) is 14.1. The highest BCUT2D eigenvalue weighted by atomic mass is 16.5. The molecule has 5 aromatic rings. The number of rotatable bonds is 10. The van der Waals surface area contributed by atoms with Crippen molar-refractivity contribution < 1.29 is 28.9 Å². The molecule has 0 spiro atoms. The number of ether oxygens (including phenoxy) is 3. The van der Waals surface area contributed by atoms with E-state index in [4.69, 9.17) is 14.2 Å². The highest BCUT2D eigenvalue weighted by Gasteiger charge is 2.30. The van der Waals surface area contributed by atoms with Crippen LogP contribution in [-0.4, -0.2) is 36.9 Å². The lowest BCUT2D eigenvalue weighted by atomic mass is 9.98. The number of nitrogens with one attached hydrogen (secondary N) is 1. The Bertz CT molecular complexity index is 1750. The van der Waals surface area contributed by atoms with E-state index in [1.54, 1.807) is 19.2 Å². The second kappa shape index (κ2) is 12.3. The molecule has 1 amide bonds. The number of aliphatic carboxylic acids is 1. The molecule has 0 aliphatic heterocycles. The van der Waals surface area contributed by atoms with E-state index < -0.39 is 18.1 Å². The van der Waals surface area contributed by atoms with Gasteiger partial charge in [-0.2, -0.15) is 0 Å². The van der Waals surface area contributed by atoms with Crippen LogP contribution >= 0.6 is 0 Å². The van der Waals surface area contributed by atoms with Gasteiger partial charge in [0, 0.05) is 17.9 Å². The number of carbonyl (C=O) groups is 2. The largest absolute Gasteiger partial charge is 0.496 e. The molecule has 2 N–H and O–H groups in total. The zero-order valence-electron chi connectivity index (χ0n) is 23.7. The normalized spacial score (nSPS) is 12.7. The number of fused-ring (bicyclic) bond motifs is 4. The Morgan fingerprint density at radius 2 is 1.49 bits per heavy atom. The Kier molecular flexibility index (Phi) is 7.96. The standard InChI is InChI=1S/C36H31NO6/c1-41-34-17-14-23(18-26(34)21-42-27-16-15-24-8-2-3-9-25(24)20-27)19-33(35(38)39)37-36(40)43-22-32-30-12-6-4-10-28(30)29-11-5-7-13-31(29)32/h2-18,20,32-33H,19,21-22H2,1H3,(H,37,40)(H,38,39). The predicted molar refractivity (Wildman–Crippen MR) is 165 cm³/mol. The van der Waals surface area contributed by atoms with Gasteiger partial charge >= 0.3 is 12.1 Å². The average molecular weight is 574 g/mol. The van der Waals surface area contributed by atoms with Crippen molar-refractivity contribution in [2.45, 2.75) is 25.0 Å². The Balaban J connectivity index is 1.11. The van der Waals surface area contributed by atoms with E-state index in [1.165, 1.54) is 0 Å². The summed E-state index contributed by atoms with van der Waals surface area (Å²) in [4.78, 5) is 24.9. The number of carboxylic acids is 1. The summed E-state index contributed by atoms with van der Waals surface area (Å²) in [6.07, 6.45) is -0.713. The van der Waals surface area contributed by atoms with Crippen LogP contribution in [0.1, 0.15) is 28.2 Å². The van der Waals surface area contributed by atoms with E-state index in [-0.39, 0.29) is 25.6 Å². The van der Waals surface area contributed by atoms with Crippen molar-refractivity contribution in [2.24, 2.45) is 0 Å². The lowest BCUT2D eigenvalue weighted by Crippen LogP contribution is -2.42. The third-order valence-corrected chi connectivity index (χ3v) is 7.83. The summed E-state index contributed by atoms with van der Waals surface area (Å²) in [7, 11) is 1.58. The first-order chi connectivity index (χ1) is 21.0. The monoisotopic (exact) mass is 573 g/mol. The summed E-state index contributed by atoms with van der Waals surface area (Å²) in [6, 6.07) is 34.3. The van der Waals surface area contributed by atoms with Gasteiger partial charge in [0.15, 0.2) is 0 Å². The number of benzene rings is 5. The number of alkyl carbamates (subject to hydrolysis) is 1. The van der Waals surface area contributed by atoms with Crippen LogP contribution in [0.5, 0.6) is 11.5 Å². The van der Waals surface area contributed by atoms with Gasteiger partial charge in [-0.3, -0.25) is 0 Å². The number of amides is 1. The smallest absolute Gasteiger partial charge is 0.407 e. The zero-order chi connectivity index (χ0) is 29.8. The van der Waals surface area contributed by atoms with Gasteiger partial charge in [-0.1, -0.05) is 84.9 Å². The number of hydrogen-bond donors (Lipinski definition) is 2. The fourth-order valence-corrected chi connectivity index (χ4v) is 5.71. The van der Waals surface area contributed by atoms with Crippen LogP contribution < -0.4 is 14.8 Å². The Labute approximate surface area is 249 Å². The van der Waals surface area contributed by atoms with Crippen molar-refractivity contribution in [3.8, 4) is 22.6 Å². The number of carboxylic acid groups (broad SMARTS) is 1. The lowest BCUT2D eigenvalue weighted by molar-refractivity contribution is -0.139. The first kappa shape index (κ1) is 27.8. The predicted octanol–water partition coefficient (Wildman–Crippen LogP) is 6.96. The van der Waals surface area contributed by atoms with E-state index in [0.717, 1.165) is 38.6 Å². The maximum atomic E-state index is 12.8. The molecule has 0 saturated carbocycles. The molecule has 7 heteroatoms. The van der Waals surface area contributed by atoms with Crippen molar-refractivity contribution in [3.63, 3.8) is 0 Å². The van der Waals surface area contributed by atoms with Crippen LogP contribution in [0.4, 0.5) is 4.79 Å². The molecule has 1 aliphatic carbocycles. The van der Waals surface area contributed by atoms with E-state index in [0.29, 0.717) is 17.1 Å². The number of carbonyl (C=O) groups excluding carboxylic acids is 1. The molecule has 1 unspecified atom stereocenters. The summed E-state index contributed by atoms with van der Waals surface area (Å²) in [5.74, 6) is 0.0684. The molecule has 0 saturated heterocycles. The SMILES string of the molecule is COc1ccc(CC(NC(=O)OCC2c3ccccc3-c3ccccc32)C(=O)O)cc1COc1ccc2ccccc2c1. The molecular weight excluding hydrogens is 542 g/mol. The Hall–Kier alpha value is -5.30. The van der Waals surface area contributed by atoms with Gasteiger partial charge in [-0.15, -0.1) is 0 Å². The van der Waals surface area contributed by atoms with Crippen molar-refractivity contribution in [1.29, 1.82) is 0 Å². The van der Waals surface area contributed by atoms with Gasteiger partial charge in [0.25, 0.3) is 0 Å². The van der Waals surface area contributed by atoms with Gasteiger partial charge in [0.05, 0.1) is 7.11 Å². The Morgan fingerprint density at radius 1 is 0.814 bits per heavy atom. The highest BCUT2D eigenvalue weighted by Crippen LogP contribution is 2.44. The quantitative estimate of drug-likeness (QED) is 0.188. The molecule has 1 atom stereocenters. The molecule has 0 radical (unpaired) electrons. The van der Waals surface area contributed by atoms with Crippen molar-refractivity contribution in [1.82, 2.24) is 5.32 Å². The minimum Gasteiger partial charge on any atom is -0.496 e. The van der Waals surface area contributed by atoms with Gasteiger partial charge in [0.1, 0.15) is 30.8 Å². The average Bonchev–Trinajstić information content (AvgIpc) is 3.36. The molecule has 6 rings (SSSR count). The third-order valence-electron chi connectivity index (χ3n) is 7.83. The van der Waals surface area contributed by atoms with Crippen LogP contribution in [0, 0.1) is 0 Å². The zero-order valence-corrected chi connectivity index (χ0v) is 23.7. The van der Waals surface area contributed by atoms with Crippen LogP contribution in [-0.2, 0) is 22.6 Å². The first-order valence-electron chi connectivity index (χ1n) is 14.1. The second-order valence-corrected chi connectivity index (χ2v) is 10.5. The van der Waals surface area contributed by atoms with Crippen LogP contribution in [0.3, 0.4) is 0 Å². The maximum absolute atomic E-state index is 12.8. The number of methoxy groups -OCH3 is 1. The van der Waals surface area contributed by atoms with E-state index in [1.807, 2.05) is 84.9 Å². The molecule has 0 fully saturated rings. The van der Waals surface area contributed by atoms with Crippen LogP contribution in [0.15, 0.2) is 109 Å². The summed E-state index contributed by atoms with van der Waals surface area (Å²) >= 11 is 0. The van der Waals surface area contributed by atoms with Gasteiger partial charge in [0.2, 0.25) is 0 Å². The summed E-state index contributed by atoms with van der Waals surface area (Å²) in [5, 5.41) is 14.6. The summed E-state index contributed by atoms with van der Waals surface area (Å²) in [6.45, 7) is 0.331.